The third kappa shape index (κ3) is 2.59. The molecule has 0 saturated heterocycles. The summed E-state index contributed by atoms with van der Waals surface area (Å²) in [5.41, 5.74) is 0.592. The van der Waals surface area contributed by atoms with Crippen LogP contribution in [0.3, 0.4) is 0 Å². The summed E-state index contributed by atoms with van der Waals surface area (Å²) < 4.78 is 0. The minimum Gasteiger partial charge on any atom is -0.311 e. The van der Waals surface area contributed by atoms with E-state index in [0.717, 1.165) is 0 Å². The largest absolute Gasteiger partial charge is 0.311 e. The number of hydrogen-bond donors (Lipinski definition) is 3. The van der Waals surface area contributed by atoms with E-state index in [1.54, 1.807) is 13.8 Å². The molecule has 0 aliphatic heterocycles. The van der Waals surface area contributed by atoms with Crippen LogP contribution in [0.2, 0.25) is 0 Å². The number of aromatic nitrogens is 5. The van der Waals surface area contributed by atoms with E-state index in [1.165, 1.54) is 6.33 Å². The van der Waals surface area contributed by atoms with Crippen LogP contribution in [0.25, 0.3) is 0 Å². The van der Waals surface area contributed by atoms with Crippen LogP contribution in [0.15, 0.2) is 11.1 Å². The van der Waals surface area contributed by atoms with E-state index in [9.17, 15) is 9.59 Å². The lowest BCUT2D eigenvalue weighted by Crippen LogP contribution is -2.24. The van der Waals surface area contributed by atoms with Gasteiger partial charge in [-0.3, -0.25) is 14.9 Å². The monoisotopic (exact) mass is 248 g/mol. The molecule has 0 saturated carbocycles. The van der Waals surface area contributed by atoms with Gasteiger partial charge in [-0.25, -0.2) is 10.1 Å². The number of carbonyl (C=O) groups excluding carboxylic acids is 1. The summed E-state index contributed by atoms with van der Waals surface area (Å²) in [7, 11) is 0. The minimum absolute atomic E-state index is 0.0604. The van der Waals surface area contributed by atoms with Crippen LogP contribution in [-0.2, 0) is 11.2 Å². The van der Waals surface area contributed by atoms with E-state index < -0.39 is 0 Å². The van der Waals surface area contributed by atoms with Gasteiger partial charge in [0.1, 0.15) is 12.2 Å². The maximum atomic E-state index is 11.7. The molecule has 0 aliphatic carbocycles. The van der Waals surface area contributed by atoms with E-state index >= 15 is 0 Å². The third-order valence-electron chi connectivity index (χ3n) is 2.35. The Labute approximate surface area is 102 Å². The first kappa shape index (κ1) is 12.0. The minimum atomic E-state index is -0.356. The standard InChI is InChI=1S/C10H12N6O2/c1-5-7(9(18)14-6(2)13-5)3-8(17)15-10-11-4-12-16-10/h4H,3H2,1-2H3,(H,13,14,18)(H2,11,12,15,16,17). The molecule has 1 amide bonds. The Balaban J connectivity index is 2.15. The Morgan fingerprint density at radius 3 is 2.83 bits per heavy atom. The first-order valence-corrected chi connectivity index (χ1v) is 5.28. The predicted molar refractivity (Wildman–Crippen MR) is 63.0 cm³/mol. The number of aromatic amines is 2. The van der Waals surface area contributed by atoms with Crippen LogP contribution in [0, 0.1) is 13.8 Å². The highest BCUT2D eigenvalue weighted by molar-refractivity contribution is 5.90. The van der Waals surface area contributed by atoms with Gasteiger partial charge in [-0.1, -0.05) is 0 Å². The van der Waals surface area contributed by atoms with Crippen LogP contribution in [0.4, 0.5) is 5.95 Å². The van der Waals surface area contributed by atoms with Gasteiger partial charge in [-0.2, -0.15) is 10.1 Å². The molecule has 2 aromatic heterocycles. The first-order valence-electron chi connectivity index (χ1n) is 5.28. The average Bonchev–Trinajstić information content (AvgIpc) is 2.76. The van der Waals surface area contributed by atoms with Crippen molar-refractivity contribution in [2.45, 2.75) is 20.3 Å². The second kappa shape index (κ2) is 4.78. The fourth-order valence-electron chi connectivity index (χ4n) is 1.56. The number of aryl methyl sites for hydroxylation is 2. The van der Waals surface area contributed by atoms with Crippen LogP contribution in [-0.4, -0.2) is 31.1 Å². The molecule has 8 nitrogen and oxygen atoms in total. The van der Waals surface area contributed by atoms with Crippen LogP contribution in [0.1, 0.15) is 17.1 Å². The molecule has 3 N–H and O–H groups in total. The predicted octanol–water partition coefficient (Wildman–Crippen LogP) is -0.314. The highest BCUT2D eigenvalue weighted by Crippen LogP contribution is 2.02. The normalized spacial score (nSPS) is 10.3. The molecule has 0 unspecified atom stereocenters. The molecule has 2 rings (SSSR count). The second-order valence-electron chi connectivity index (χ2n) is 3.77. The Kier molecular flexibility index (Phi) is 3.18. The van der Waals surface area contributed by atoms with Gasteiger partial charge in [0.25, 0.3) is 5.56 Å². The molecule has 0 radical (unpaired) electrons. The molecule has 0 spiro atoms. The summed E-state index contributed by atoms with van der Waals surface area (Å²) >= 11 is 0. The molecule has 2 heterocycles. The Bertz CT molecular complexity index is 616. The quantitative estimate of drug-likeness (QED) is 0.688. The third-order valence-corrected chi connectivity index (χ3v) is 2.35. The van der Waals surface area contributed by atoms with Crippen molar-refractivity contribution in [3.63, 3.8) is 0 Å². The Hall–Kier alpha value is -2.51. The van der Waals surface area contributed by atoms with Crippen molar-refractivity contribution < 1.29 is 4.79 Å². The highest BCUT2D eigenvalue weighted by Gasteiger charge is 2.12. The molecule has 0 aliphatic rings. The van der Waals surface area contributed by atoms with Crippen molar-refractivity contribution >= 4 is 11.9 Å². The molecule has 0 aromatic carbocycles. The summed E-state index contributed by atoms with van der Waals surface area (Å²) in [6, 6.07) is 0. The van der Waals surface area contributed by atoms with Crippen molar-refractivity contribution in [1.29, 1.82) is 0 Å². The number of amides is 1. The van der Waals surface area contributed by atoms with Crippen molar-refractivity contribution in [3.05, 3.63) is 33.8 Å². The van der Waals surface area contributed by atoms with Crippen LogP contribution in [0.5, 0.6) is 0 Å². The first-order chi connectivity index (χ1) is 8.56. The van der Waals surface area contributed by atoms with Gasteiger partial charge in [-0.15, -0.1) is 0 Å². The molecule has 0 bridgehead atoms. The summed E-state index contributed by atoms with van der Waals surface area (Å²) in [6.07, 6.45) is 1.22. The number of carbonyl (C=O) groups is 1. The van der Waals surface area contributed by atoms with E-state index in [1.807, 2.05) is 0 Å². The van der Waals surface area contributed by atoms with Crippen molar-refractivity contribution in [2.24, 2.45) is 0 Å². The maximum Gasteiger partial charge on any atom is 0.254 e. The summed E-state index contributed by atoms with van der Waals surface area (Å²) in [5, 5.41) is 8.59. The van der Waals surface area contributed by atoms with Gasteiger partial charge in [0.15, 0.2) is 0 Å². The number of nitrogens with one attached hydrogen (secondary N) is 3. The zero-order valence-corrected chi connectivity index (χ0v) is 9.94. The molecule has 0 fully saturated rings. The average molecular weight is 248 g/mol. The number of nitrogens with zero attached hydrogens (tertiary/aromatic N) is 3. The molecular formula is C10H12N6O2. The van der Waals surface area contributed by atoms with E-state index in [-0.39, 0.29) is 23.8 Å². The maximum absolute atomic E-state index is 11.7. The Morgan fingerprint density at radius 2 is 2.22 bits per heavy atom. The zero-order chi connectivity index (χ0) is 13.1. The lowest BCUT2D eigenvalue weighted by molar-refractivity contribution is -0.115. The number of anilines is 1. The number of rotatable bonds is 3. The number of H-pyrrole nitrogens is 2. The summed E-state index contributed by atoms with van der Waals surface area (Å²) in [6.45, 7) is 3.38. The lowest BCUT2D eigenvalue weighted by atomic mass is 10.1. The zero-order valence-electron chi connectivity index (χ0n) is 9.94. The molecule has 2 aromatic rings. The lowest BCUT2D eigenvalue weighted by Gasteiger charge is -2.04. The van der Waals surface area contributed by atoms with Crippen molar-refractivity contribution in [2.75, 3.05) is 5.32 Å². The van der Waals surface area contributed by atoms with Gasteiger partial charge in [0.05, 0.1) is 6.42 Å². The van der Waals surface area contributed by atoms with Crippen LogP contribution >= 0.6 is 0 Å². The van der Waals surface area contributed by atoms with Crippen molar-refractivity contribution in [1.82, 2.24) is 25.1 Å². The van der Waals surface area contributed by atoms with Gasteiger partial charge in [-0.05, 0) is 13.8 Å². The van der Waals surface area contributed by atoms with Gasteiger partial charge < -0.3 is 4.98 Å². The topological polar surface area (TPSA) is 116 Å². The Morgan fingerprint density at radius 1 is 1.44 bits per heavy atom. The highest BCUT2D eigenvalue weighted by atomic mass is 16.2. The second-order valence-corrected chi connectivity index (χ2v) is 3.77. The van der Waals surface area contributed by atoms with E-state index in [4.69, 9.17) is 0 Å². The summed E-state index contributed by atoms with van der Waals surface area (Å²) in [5.74, 6) is 0.414. The fourth-order valence-corrected chi connectivity index (χ4v) is 1.56. The summed E-state index contributed by atoms with van der Waals surface area (Å²) in [4.78, 5) is 33.8. The molecular weight excluding hydrogens is 236 g/mol. The number of hydrogen-bond acceptors (Lipinski definition) is 5. The van der Waals surface area contributed by atoms with Gasteiger partial charge in [0.2, 0.25) is 11.9 Å². The SMILES string of the molecule is Cc1nc(C)c(CC(=O)Nc2ncn[nH]2)c(=O)[nH]1. The molecule has 94 valence electrons. The van der Waals surface area contributed by atoms with Crippen molar-refractivity contribution in [3.8, 4) is 0 Å². The van der Waals surface area contributed by atoms with Gasteiger partial charge in [0, 0.05) is 11.3 Å². The van der Waals surface area contributed by atoms with E-state index in [0.29, 0.717) is 17.1 Å². The smallest absolute Gasteiger partial charge is 0.254 e. The molecule has 0 atom stereocenters. The molecule has 8 heteroatoms. The van der Waals surface area contributed by atoms with Gasteiger partial charge >= 0.3 is 0 Å². The van der Waals surface area contributed by atoms with Crippen LogP contribution < -0.4 is 10.9 Å². The fraction of sp³-hybridized carbons (Fsp3) is 0.300. The molecule has 18 heavy (non-hydrogen) atoms. The van der Waals surface area contributed by atoms with E-state index in [2.05, 4.69) is 30.5 Å².